The van der Waals surface area contributed by atoms with Crippen LogP contribution in [0.4, 0.5) is 0 Å². The smallest absolute Gasteiger partial charge is 0.258 e. The first-order chi connectivity index (χ1) is 24.6. The Labute approximate surface area is 311 Å². The van der Waals surface area contributed by atoms with Crippen molar-refractivity contribution in [2.75, 3.05) is 14.1 Å². The van der Waals surface area contributed by atoms with Gasteiger partial charge < -0.3 is 29.9 Å². The van der Waals surface area contributed by atoms with Crippen LogP contribution in [-0.4, -0.2) is 83.9 Å². The molecule has 0 fully saturated rings. The van der Waals surface area contributed by atoms with Crippen molar-refractivity contribution in [1.29, 1.82) is 0 Å². The number of carbonyl (C=O) groups is 4. The third-order valence-electron chi connectivity index (χ3n) is 9.77. The molecule has 284 valence electrons. The summed E-state index contributed by atoms with van der Waals surface area (Å²) < 4.78 is 12.0. The molecule has 6 atom stereocenters. The Bertz CT molecular complexity index is 1450. The second-order valence-electron chi connectivity index (χ2n) is 14.6. The van der Waals surface area contributed by atoms with E-state index in [2.05, 4.69) is 62.6 Å². The highest BCUT2D eigenvalue weighted by atomic mass is 16.5. The molecule has 0 saturated heterocycles. The molecule has 2 aromatic carbocycles. The Hall–Kier alpha value is -4.60. The van der Waals surface area contributed by atoms with Crippen molar-refractivity contribution >= 4 is 23.6 Å². The highest BCUT2D eigenvalue weighted by Gasteiger charge is 2.29. The lowest BCUT2D eigenvalue weighted by molar-refractivity contribution is -0.126. The van der Waals surface area contributed by atoms with E-state index in [0.717, 1.165) is 25.7 Å². The van der Waals surface area contributed by atoms with Gasteiger partial charge in [0.05, 0.1) is 23.3 Å². The van der Waals surface area contributed by atoms with Crippen molar-refractivity contribution in [3.05, 3.63) is 84.0 Å². The number of likely N-dealkylation sites (N-methyl/N-ethyl adjacent to an activating group) is 2. The zero-order valence-corrected chi connectivity index (χ0v) is 32.7. The molecule has 0 spiro atoms. The van der Waals surface area contributed by atoms with Gasteiger partial charge in [-0.2, -0.15) is 0 Å². The quantitative estimate of drug-likeness (QED) is 0.330. The second-order valence-corrected chi connectivity index (χ2v) is 14.6. The number of carbonyl (C=O) groups excluding carboxylic acids is 4. The van der Waals surface area contributed by atoms with E-state index in [4.69, 9.17) is 9.47 Å². The monoisotopic (exact) mass is 716 g/mol. The molecular formula is C42H60N4O6. The Morgan fingerprint density at radius 1 is 0.558 bits per heavy atom. The second kappa shape index (κ2) is 19.9. The fourth-order valence-electron chi connectivity index (χ4n) is 5.77. The summed E-state index contributed by atoms with van der Waals surface area (Å²) in [4.78, 5) is 54.1. The van der Waals surface area contributed by atoms with Crippen LogP contribution in [0.2, 0.25) is 0 Å². The maximum absolute atomic E-state index is 12.9. The highest BCUT2D eigenvalue weighted by molar-refractivity contribution is 6.00. The van der Waals surface area contributed by atoms with E-state index in [1.807, 2.05) is 26.0 Å². The Kier molecular flexibility index (Phi) is 16.0. The zero-order valence-electron chi connectivity index (χ0n) is 32.7. The number of hydrogen-bond acceptors (Lipinski definition) is 6. The van der Waals surface area contributed by atoms with Crippen LogP contribution >= 0.6 is 0 Å². The van der Waals surface area contributed by atoms with Crippen molar-refractivity contribution in [1.82, 2.24) is 20.4 Å². The fraction of sp³-hybridized carbons (Fsp3) is 0.524. The molecule has 0 saturated carbocycles. The number of hydrogen-bond donors (Lipinski definition) is 2. The Balaban J connectivity index is 0.000000280. The SMILES string of the molecule is CC(C)[C@@H]1C/C=C/C[C@@H](C)Oc2ccccc2C(=O)N(C)[C@H](C)C(=O)N1.CC(C)[C@@H]1C/C=C\C[C@@H](C)Oc2ccccc2C(=O)N(C)[C@H](C)C(=O)N1. The largest absolute Gasteiger partial charge is 0.490 e. The third-order valence-corrected chi connectivity index (χ3v) is 9.77. The Morgan fingerprint density at radius 3 is 1.23 bits per heavy atom. The van der Waals surface area contributed by atoms with Crippen LogP contribution < -0.4 is 20.1 Å². The predicted octanol–water partition coefficient (Wildman–Crippen LogP) is 6.81. The van der Waals surface area contributed by atoms with Crippen molar-refractivity contribution in [3.8, 4) is 11.5 Å². The first-order valence-corrected chi connectivity index (χ1v) is 18.6. The standard InChI is InChI=1S/2C21H30N2O3/c2*1-14(2)18-12-8-6-10-15(3)26-19-13-9-7-11-17(19)21(25)23(5)16(4)20(24)22-18/h2*6-9,11,13-16,18H,10,12H2,1-5H3,(H,22,24)/b8-6+;8-6-/t2*15-,16-,18+/m11/s1. The molecular weight excluding hydrogens is 656 g/mol. The van der Waals surface area contributed by atoms with Gasteiger partial charge in [-0.05, 0) is 76.6 Å². The van der Waals surface area contributed by atoms with Crippen LogP contribution in [0.15, 0.2) is 72.8 Å². The number of nitrogens with one attached hydrogen (secondary N) is 2. The molecule has 0 aliphatic carbocycles. The lowest BCUT2D eigenvalue weighted by Crippen LogP contribution is -2.50. The molecule has 2 aliphatic heterocycles. The van der Waals surface area contributed by atoms with Crippen molar-refractivity contribution in [2.24, 2.45) is 11.8 Å². The van der Waals surface area contributed by atoms with Crippen LogP contribution in [0, 0.1) is 11.8 Å². The molecule has 4 rings (SSSR count). The van der Waals surface area contributed by atoms with Gasteiger partial charge in [0, 0.05) is 39.0 Å². The third kappa shape index (κ3) is 11.7. The van der Waals surface area contributed by atoms with Crippen molar-refractivity contribution in [2.45, 2.75) is 117 Å². The van der Waals surface area contributed by atoms with Crippen molar-refractivity contribution < 1.29 is 28.7 Å². The van der Waals surface area contributed by atoms with E-state index in [9.17, 15) is 19.2 Å². The number of nitrogens with zero attached hydrogens (tertiary/aromatic N) is 2. The summed E-state index contributed by atoms with van der Waals surface area (Å²) in [7, 11) is 3.31. The summed E-state index contributed by atoms with van der Waals surface area (Å²) >= 11 is 0. The molecule has 0 bridgehead atoms. The number of ether oxygens (including phenoxy) is 2. The maximum atomic E-state index is 12.9. The number of para-hydroxylation sites is 2. The number of fused-ring (bicyclic) bond motifs is 2. The van der Waals surface area contributed by atoms with Crippen LogP contribution in [0.1, 0.15) is 102 Å². The summed E-state index contributed by atoms with van der Waals surface area (Å²) in [5.74, 6) is 0.991. The van der Waals surface area contributed by atoms with Crippen LogP contribution in [-0.2, 0) is 9.59 Å². The molecule has 4 amide bonds. The number of amides is 4. The summed E-state index contributed by atoms with van der Waals surface area (Å²) in [6.07, 6.45) is 11.3. The van der Waals surface area contributed by atoms with Gasteiger partial charge in [0.1, 0.15) is 23.6 Å². The molecule has 52 heavy (non-hydrogen) atoms. The minimum Gasteiger partial charge on any atom is -0.490 e. The van der Waals surface area contributed by atoms with Gasteiger partial charge in [-0.3, -0.25) is 19.2 Å². The molecule has 2 heterocycles. The zero-order chi connectivity index (χ0) is 38.5. The van der Waals surface area contributed by atoms with Gasteiger partial charge in [-0.1, -0.05) is 76.3 Å². The first-order valence-electron chi connectivity index (χ1n) is 18.6. The average Bonchev–Trinajstić information content (AvgIpc) is 3.11. The van der Waals surface area contributed by atoms with Crippen LogP contribution in [0.25, 0.3) is 0 Å². The first kappa shape index (κ1) is 41.8. The maximum Gasteiger partial charge on any atom is 0.258 e. The van der Waals surface area contributed by atoms with Gasteiger partial charge in [0.2, 0.25) is 11.8 Å². The molecule has 0 aromatic heterocycles. The van der Waals surface area contributed by atoms with Crippen molar-refractivity contribution in [3.63, 3.8) is 0 Å². The molecule has 2 aliphatic rings. The number of benzene rings is 2. The predicted molar refractivity (Wildman–Crippen MR) is 206 cm³/mol. The van der Waals surface area contributed by atoms with E-state index < -0.39 is 12.1 Å². The summed E-state index contributed by atoms with van der Waals surface area (Å²) in [5.41, 5.74) is 0.950. The number of rotatable bonds is 2. The summed E-state index contributed by atoms with van der Waals surface area (Å²) in [5, 5.41) is 6.18. The molecule has 0 radical (unpaired) electrons. The minimum absolute atomic E-state index is 0.0381. The van der Waals surface area contributed by atoms with Crippen LogP contribution in [0.5, 0.6) is 11.5 Å². The van der Waals surface area contributed by atoms with E-state index >= 15 is 0 Å². The normalized spacial score (nSPS) is 26.5. The highest BCUT2D eigenvalue weighted by Crippen LogP contribution is 2.25. The van der Waals surface area contributed by atoms with Gasteiger partial charge in [-0.25, -0.2) is 0 Å². The summed E-state index contributed by atoms with van der Waals surface area (Å²) in [6, 6.07) is 13.3. The topological polar surface area (TPSA) is 117 Å². The van der Waals surface area contributed by atoms with E-state index in [0.29, 0.717) is 34.5 Å². The molecule has 2 N–H and O–H groups in total. The molecule has 10 heteroatoms. The van der Waals surface area contributed by atoms with E-state index in [1.165, 1.54) is 9.80 Å². The molecule has 2 aromatic rings. The summed E-state index contributed by atoms with van der Waals surface area (Å²) in [6.45, 7) is 15.8. The van der Waals surface area contributed by atoms with Gasteiger partial charge in [0.25, 0.3) is 11.8 Å². The lowest BCUT2D eigenvalue weighted by atomic mass is 9.99. The van der Waals surface area contributed by atoms with E-state index in [-0.39, 0.29) is 47.9 Å². The Morgan fingerprint density at radius 2 is 0.885 bits per heavy atom. The van der Waals surface area contributed by atoms with Gasteiger partial charge in [-0.15, -0.1) is 0 Å². The van der Waals surface area contributed by atoms with E-state index in [1.54, 1.807) is 64.3 Å². The minimum atomic E-state index is -0.568. The van der Waals surface area contributed by atoms with Crippen LogP contribution in [0.3, 0.4) is 0 Å². The molecule has 10 nitrogen and oxygen atoms in total. The fourth-order valence-corrected chi connectivity index (χ4v) is 5.77. The molecule has 0 unspecified atom stereocenters. The lowest BCUT2D eigenvalue weighted by Gasteiger charge is -2.29. The van der Waals surface area contributed by atoms with Gasteiger partial charge >= 0.3 is 0 Å². The van der Waals surface area contributed by atoms with Gasteiger partial charge in [0.15, 0.2) is 0 Å². The average molecular weight is 717 g/mol.